The molecule has 0 aromatic heterocycles. The molecule has 6 heteroatoms. The van der Waals surface area contributed by atoms with E-state index in [9.17, 15) is 14.4 Å². The molecule has 0 aliphatic rings. The Kier molecular flexibility index (Phi) is 54.7. The molecular weight excluding hydrogens is 829 g/mol. The molecular formula is C61H114O6. The van der Waals surface area contributed by atoms with Crippen molar-refractivity contribution >= 4 is 17.9 Å². The largest absolute Gasteiger partial charge is 0.462 e. The van der Waals surface area contributed by atoms with Crippen LogP contribution in [0.5, 0.6) is 0 Å². The number of unbranched alkanes of at least 4 members (excludes halogenated alkanes) is 40. The molecule has 1 atom stereocenters. The number of allylic oxidation sites excluding steroid dienone is 4. The standard InChI is InChI=1S/C61H114O6/c1-4-7-10-13-16-19-22-25-28-30-31-34-36-39-42-45-48-51-54-60(63)66-57-58(56-65-59(62)53-50-47-44-41-38-35-32-27-24-21-18-15-12-9-6-3)67-61(64)55-52-49-46-43-40-37-33-29-26-23-20-17-14-11-8-5-2/h21,24,29,33,58H,4-20,22-23,25-28,30-32,34-57H2,1-3H3/b24-21-,33-29-. The van der Waals surface area contributed by atoms with E-state index in [0.29, 0.717) is 19.3 Å². The third-order valence-corrected chi connectivity index (χ3v) is 13.4. The van der Waals surface area contributed by atoms with Crippen LogP contribution in [0.3, 0.4) is 0 Å². The van der Waals surface area contributed by atoms with E-state index >= 15 is 0 Å². The topological polar surface area (TPSA) is 78.9 Å². The van der Waals surface area contributed by atoms with E-state index in [1.54, 1.807) is 0 Å². The lowest BCUT2D eigenvalue weighted by molar-refractivity contribution is -0.167. The second-order valence-corrected chi connectivity index (χ2v) is 20.3. The average Bonchev–Trinajstić information content (AvgIpc) is 3.33. The molecule has 0 bridgehead atoms. The van der Waals surface area contributed by atoms with Crippen LogP contribution in [-0.4, -0.2) is 37.2 Å². The second-order valence-electron chi connectivity index (χ2n) is 20.3. The fourth-order valence-corrected chi connectivity index (χ4v) is 8.91. The molecule has 0 aromatic rings. The quantitative estimate of drug-likeness (QED) is 0.0262. The Hall–Kier alpha value is -2.11. The van der Waals surface area contributed by atoms with Crippen molar-refractivity contribution < 1.29 is 28.6 Å². The first-order chi connectivity index (χ1) is 33.0. The van der Waals surface area contributed by atoms with Crippen molar-refractivity contribution in [1.82, 2.24) is 0 Å². The SMILES string of the molecule is CCCCCC/C=C\CCCCCCCCCC(=O)OCC(COC(=O)CCCCCCCCCCCCCCCCCCCC)OC(=O)CCCCCCC/C=C\CCCCCCCCC. The summed E-state index contributed by atoms with van der Waals surface area (Å²) < 4.78 is 16.9. The smallest absolute Gasteiger partial charge is 0.306 e. The normalized spacial score (nSPS) is 12.1. The van der Waals surface area contributed by atoms with E-state index in [-0.39, 0.29) is 31.1 Å². The van der Waals surface area contributed by atoms with Gasteiger partial charge in [0.25, 0.3) is 0 Å². The molecule has 394 valence electrons. The summed E-state index contributed by atoms with van der Waals surface area (Å²) in [5.41, 5.74) is 0. The number of hydrogen-bond acceptors (Lipinski definition) is 6. The van der Waals surface area contributed by atoms with Crippen molar-refractivity contribution in [3.8, 4) is 0 Å². The minimum absolute atomic E-state index is 0.0713. The zero-order chi connectivity index (χ0) is 48.6. The first-order valence-electron chi connectivity index (χ1n) is 29.8. The van der Waals surface area contributed by atoms with Crippen molar-refractivity contribution in [2.75, 3.05) is 13.2 Å². The van der Waals surface area contributed by atoms with E-state index in [2.05, 4.69) is 45.1 Å². The Morgan fingerprint density at radius 2 is 0.493 bits per heavy atom. The summed E-state index contributed by atoms with van der Waals surface area (Å²) in [6.07, 6.45) is 66.0. The van der Waals surface area contributed by atoms with Crippen LogP contribution in [0.25, 0.3) is 0 Å². The van der Waals surface area contributed by atoms with Crippen LogP contribution < -0.4 is 0 Å². The highest BCUT2D eigenvalue weighted by Gasteiger charge is 2.19. The zero-order valence-corrected chi connectivity index (χ0v) is 45.2. The predicted octanol–water partition coefficient (Wildman–Crippen LogP) is 19.9. The summed E-state index contributed by atoms with van der Waals surface area (Å²) in [4.78, 5) is 38.2. The lowest BCUT2D eigenvalue weighted by Gasteiger charge is -2.18. The maximum absolute atomic E-state index is 12.9. The van der Waals surface area contributed by atoms with Gasteiger partial charge in [-0.15, -0.1) is 0 Å². The summed E-state index contributed by atoms with van der Waals surface area (Å²) in [6.45, 7) is 6.67. The Morgan fingerprint density at radius 3 is 0.761 bits per heavy atom. The lowest BCUT2D eigenvalue weighted by atomic mass is 10.0. The zero-order valence-electron chi connectivity index (χ0n) is 45.2. The van der Waals surface area contributed by atoms with Crippen LogP contribution in [0.4, 0.5) is 0 Å². The van der Waals surface area contributed by atoms with Gasteiger partial charge in [0.1, 0.15) is 13.2 Å². The molecule has 0 aromatic carbocycles. The third-order valence-electron chi connectivity index (χ3n) is 13.4. The number of ether oxygens (including phenoxy) is 3. The molecule has 0 saturated carbocycles. The molecule has 6 nitrogen and oxygen atoms in total. The Bertz CT molecular complexity index is 1080. The first-order valence-corrected chi connectivity index (χ1v) is 29.8. The molecule has 1 unspecified atom stereocenters. The summed E-state index contributed by atoms with van der Waals surface area (Å²) in [7, 11) is 0. The van der Waals surface area contributed by atoms with Crippen molar-refractivity contribution in [2.24, 2.45) is 0 Å². The molecule has 0 aliphatic carbocycles. The van der Waals surface area contributed by atoms with E-state index in [0.717, 1.165) is 64.2 Å². The van der Waals surface area contributed by atoms with Crippen LogP contribution in [-0.2, 0) is 28.6 Å². The minimum atomic E-state index is -0.774. The molecule has 67 heavy (non-hydrogen) atoms. The van der Waals surface area contributed by atoms with Crippen LogP contribution in [0, 0.1) is 0 Å². The fraction of sp³-hybridized carbons (Fsp3) is 0.885. The van der Waals surface area contributed by atoms with Gasteiger partial charge in [0.15, 0.2) is 6.10 Å². The van der Waals surface area contributed by atoms with Gasteiger partial charge in [-0.2, -0.15) is 0 Å². The summed E-state index contributed by atoms with van der Waals surface area (Å²) in [5, 5.41) is 0. The fourth-order valence-electron chi connectivity index (χ4n) is 8.91. The number of carbonyl (C=O) groups excluding carboxylic acids is 3. The van der Waals surface area contributed by atoms with Crippen LogP contribution >= 0.6 is 0 Å². The van der Waals surface area contributed by atoms with E-state index in [1.165, 1.54) is 225 Å². The Labute approximate surface area is 417 Å². The molecule has 0 saturated heterocycles. The van der Waals surface area contributed by atoms with Gasteiger partial charge in [0.2, 0.25) is 0 Å². The number of rotatable bonds is 55. The van der Waals surface area contributed by atoms with E-state index in [1.807, 2.05) is 0 Å². The monoisotopic (exact) mass is 943 g/mol. The molecule has 0 radical (unpaired) electrons. The minimum Gasteiger partial charge on any atom is -0.462 e. The lowest BCUT2D eigenvalue weighted by Crippen LogP contribution is -2.30. The van der Waals surface area contributed by atoms with Crippen molar-refractivity contribution in [1.29, 1.82) is 0 Å². The van der Waals surface area contributed by atoms with Gasteiger partial charge in [-0.3, -0.25) is 14.4 Å². The molecule has 0 heterocycles. The van der Waals surface area contributed by atoms with Crippen LogP contribution in [0.15, 0.2) is 24.3 Å². The second kappa shape index (κ2) is 56.5. The number of hydrogen-bond donors (Lipinski definition) is 0. The van der Waals surface area contributed by atoms with Gasteiger partial charge in [0.05, 0.1) is 0 Å². The number of esters is 3. The maximum atomic E-state index is 12.9. The van der Waals surface area contributed by atoms with Gasteiger partial charge in [-0.1, -0.05) is 263 Å². The third kappa shape index (κ3) is 54.7. The Morgan fingerprint density at radius 1 is 0.284 bits per heavy atom. The summed E-state index contributed by atoms with van der Waals surface area (Å²) in [6, 6.07) is 0. The van der Waals surface area contributed by atoms with Crippen LogP contribution in [0.1, 0.15) is 329 Å². The van der Waals surface area contributed by atoms with Gasteiger partial charge in [0, 0.05) is 19.3 Å². The highest BCUT2D eigenvalue weighted by molar-refractivity contribution is 5.71. The molecule has 0 spiro atoms. The predicted molar refractivity (Wildman–Crippen MR) is 289 cm³/mol. The van der Waals surface area contributed by atoms with Gasteiger partial charge in [-0.05, 0) is 70.6 Å². The summed E-state index contributed by atoms with van der Waals surface area (Å²) >= 11 is 0. The highest BCUT2D eigenvalue weighted by atomic mass is 16.6. The summed E-state index contributed by atoms with van der Waals surface area (Å²) in [5.74, 6) is -0.863. The number of carbonyl (C=O) groups is 3. The molecule has 0 amide bonds. The van der Waals surface area contributed by atoms with Gasteiger partial charge < -0.3 is 14.2 Å². The first kappa shape index (κ1) is 64.9. The van der Waals surface area contributed by atoms with Crippen molar-refractivity contribution in [3.05, 3.63) is 24.3 Å². The van der Waals surface area contributed by atoms with E-state index < -0.39 is 6.10 Å². The molecule has 0 aliphatic heterocycles. The van der Waals surface area contributed by atoms with Crippen molar-refractivity contribution in [2.45, 2.75) is 335 Å². The van der Waals surface area contributed by atoms with Crippen LogP contribution in [0.2, 0.25) is 0 Å². The molecule has 0 N–H and O–H groups in total. The molecule has 0 rings (SSSR count). The molecule has 0 fully saturated rings. The Balaban J connectivity index is 4.33. The van der Waals surface area contributed by atoms with E-state index in [4.69, 9.17) is 14.2 Å². The highest BCUT2D eigenvalue weighted by Crippen LogP contribution is 2.17. The van der Waals surface area contributed by atoms with Gasteiger partial charge in [-0.25, -0.2) is 0 Å². The van der Waals surface area contributed by atoms with Crippen molar-refractivity contribution in [3.63, 3.8) is 0 Å². The average molecular weight is 944 g/mol. The van der Waals surface area contributed by atoms with Gasteiger partial charge >= 0.3 is 17.9 Å². The maximum Gasteiger partial charge on any atom is 0.306 e.